The van der Waals surface area contributed by atoms with Gasteiger partial charge in [0.05, 0.1) is 27.0 Å². The van der Waals surface area contributed by atoms with E-state index < -0.39 is 0 Å². The summed E-state index contributed by atoms with van der Waals surface area (Å²) in [6, 6.07) is 20.4. The van der Waals surface area contributed by atoms with Crippen molar-refractivity contribution in [2.75, 3.05) is 26.2 Å². The maximum atomic E-state index is 13.5. The molecule has 0 atom stereocenters. The first-order valence-electron chi connectivity index (χ1n) is 9.81. The first kappa shape index (κ1) is 21.6. The molecule has 1 aliphatic rings. The van der Waals surface area contributed by atoms with E-state index in [-0.39, 0.29) is 5.91 Å². The molecular weight excluding hydrogens is 472 g/mol. The fourth-order valence-corrected chi connectivity index (χ4v) is 3.63. The van der Waals surface area contributed by atoms with E-state index in [9.17, 15) is 4.79 Å². The Balaban J connectivity index is 1.81. The van der Waals surface area contributed by atoms with Crippen molar-refractivity contribution in [3.8, 4) is 17.2 Å². The molecule has 32 heavy (non-hydrogen) atoms. The van der Waals surface area contributed by atoms with Gasteiger partial charge in [-0.2, -0.15) is 0 Å². The smallest absolute Gasteiger partial charge is 0.282 e. The van der Waals surface area contributed by atoms with Crippen LogP contribution < -0.4 is 19.1 Å². The predicted molar refractivity (Wildman–Crippen MR) is 129 cm³/mol. The topological polar surface area (TPSA) is 60.4 Å². The van der Waals surface area contributed by atoms with Crippen molar-refractivity contribution in [1.29, 1.82) is 0 Å². The van der Waals surface area contributed by atoms with Crippen molar-refractivity contribution in [3.63, 3.8) is 0 Å². The summed E-state index contributed by atoms with van der Waals surface area (Å²) in [5, 5.41) is 0. The molecule has 0 radical (unpaired) electrons. The number of amidine groups is 1. The van der Waals surface area contributed by atoms with Crippen LogP contribution in [0.2, 0.25) is 0 Å². The molecule has 0 unspecified atom stereocenters. The molecule has 0 N–H and O–H groups in total. The molecule has 1 aliphatic heterocycles. The zero-order valence-electron chi connectivity index (χ0n) is 17.8. The van der Waals surface area contributed by atoms with Gasteiger partial charge >= 0.3 is 0 Å². The van der Waals surface area contributed by atoms with Gasteiger partial charge in [-0.05, 0) is 66.7 Å². The fourth-order valence-electron chi connectivity index (χ4n) is 3.37. The molecule has 0 bridgehead atoms. The minimum atomic E-state index is -0.226. The Labute approximate surface area is 194 Å². The second kappa shape index (κ2) is 9.28. The zero-order valence-corrected chi connectivity index (χ0v) is 19.4. The Morgan fingerprint density at radius 2 is 1.50 bits per heavy atom. The van der Waals surface area contributed by atoms with Crippen LogP contribution >= 0.6 is 15.9 Å². The van der Waals surface area contributed by atoms with Gasteiger partial charge in [-0.1, -0.05) is 15.9 Å². The molecular formula is C25H21BrN2O4. The molecule has 0 saturated carbocycles. The number of halogens is 1. The summed E-state index contributed by atoms with van der Waals surface area (Å²) >= 11 is 3.45. The van der Waals surface area contributed by atoms with Gasteiger partial charge in [0, 0.05) is 21.7 Å². The number of rotatable bonds is 6. The van der Waals surface area contributed by atoms with Gasteiger partial charge in [-0.3, -0.25) is 9.69 Å². The maximum absolute atomic E-state index is 13.5. The number of carbonyl (C=O) groups is 1. The van der Waals surface area contributed by atoms with Crippen LogP contribution in [-0.4, -0.2) is 33.1 Å². The monoisotopic (exact) mass is 492 g/mol. The SMILES string of the molecule is COc1ccc(C2=N/C(=C/c3ccc(OC)cc3OC)C(=O)N2c2ccc(Br)cc2)cc1. The average molecular weight is 493 g/mol. The number of hydrogen-bond acceptors (Lipinski definition) is 5. The second-order valence-corrected chi connectivity index (χ2v) is 7.83. The van der Waals surface area contributed by atoms with Crippen LogP contribution in [0.3, 0.4) is 0 Å². The van der Waals surface area contributed by atoms with Gasteiger partial charge in [0.1, 0.15) is 28.8 Å². The van der Waals surface area contributed by atoms with E-state index in [0.717, 1.165) is 27.0 Å². The number of hydrogen-bond donors (Lipinski definition) is 0. The molecule has 3 aromatic carbocycles. The molecule has 0 spiro atoms. The summed E-state index contributed by atoms with van der Waals surface area (Å²) < 4.78 is 16.9. The largest absolute Gasteiger partial charge is 0.497 e. The number of benzene rings is 3. The lowest BCUT2D eigenvalue weighted by atomic mass is 10.1. The number of aliphatic imine (C=N–C) groups is 1. The number of carbonyl (C=O) groups excluding carboxylic acids is 1. The van der Waals surface area contributed by atoms with Crippen molar-refractivity contribution < 1.29 is 19.0 Å². The normalized spacial score (nSPS) is 14.5. The third-order valence-electron chi connectivity index (χ3n) is 5.03. The summed E-state index contributed by atoms with van der Waals surface area (Å²) in [4.78, 5) is 19.8. The number of amides is 1. The third kappa shape index (κ3) is 4.24. The molecule has 0 saturated heterocycles. The molecule has 0 aliphatic carbocycles. The van der Waals surface area contributed by atoms with E-state index in [1.165, 1.54) is 0 Å². The van der Waals surface area contributed by atoms with Gasteiger partial charge in [0.2, 0.25) is 0 Å². The summed E-state index contributed by atoms with van der Waals surface area (Å²) in [7, 11) is 4.78. The van der Waals surface area contributed by atoms with Crippen molar-refractivity contribution in [3.05, 3.63) is 88.0 Å². The van der Waals surface area contributed by atoms with Gasteiger partial charge in [-0.25, -0.2) is 4.99 Å². The Morgan fingerprint density at radius 3 is 2.12 bits per heavy atom. The van der Waals surface area contributed by atoms with Crippen LogP contribution in [0, 0.1) is 0 Å². The van der Waals surface area contributed by atoms with Crippen LogP contribution in [0.1, 0.15) is 11.1 Å². The highest BCUT2D eigenvalue weighted by molar-refractivity contribution is 9.10. The highest BCUT2D eigenvalue weighted by Crippen LogP contribution is 2.32. The van der Waals surface area contributed by atoms with E-state index in [1.54, 1.807) is 38.4 Å². The van der Waals surface area contributed by atoms with Crippen molar-refractivity contribution in [1.82, 2.24) is 0 Å². The molecule has 0 fully saturated rings. The molecule has 162 valence electrons. The zero-order chi connectivity index (χ0) is 22.7. The van der Waals surface area contributed by atoms with Gasteiger partial charge in [0.25, 0.3) is 5.91 Å². The maximum Gasteiger partial charge on any atom is 0.282 e. The molecule has 3 aromatic rings. The van der Waals surface area contributed by atoms with Gasteiger partial charge < -0.3 is 14.2 Å². The highest BCUT2D eigenvalue weighted by Gasteiger charge is 2.32. The summed E-state index contributed by atoms with van der Waals surface area (Å²) in [6.45, 7) is 0. The van der Waals surface area contributed by atoms with E-state index in [4.69, 9.17) is 19.2 Å². The first-order chi connectivity index (χ1) is 15.5. The van der Waals surface area contributed by atoms with Crippen molar-refractivity contribution in [2.24, 2.45) is 4.99 Å². The average Bonchev–Trinajstić information content (AvgIpc) is 3.15. The van der Waals surface area contributed by atoms with Gasteiger partial charge in [-0.15, -0.1) is 0 Å². The summed E-state index contributed by atoms with van der Waals surface area (Å²) in [5.74, 6) is 2.30. The second-order valence-electron chi connectivity index (χ2n) is 6.92. The Hall–Kier alpha value is -3.58. The fraction of sp³-hybridized carbons (Fsp3) is 0.120. The molecule has 1 amide bonds. The standard InChI is InChI=1S/C25H21BrN2O4/c1-30-20-11-4-16(5-12-20)24-27-22(14-17-6-13-21(31-2)15-23(17)32-3)25(29)28(24)19-9-7-18(26)8-10-19/h4-15H,1-3H3/b22-14+. The Bertz CT molecular complexity index is 1200. The predicted octanol–water partition coefficient (Wildman–Crippen LogP) is 5.31. The van der Waals surface area contributed by atoms with E-state index in [0.29, 0.717) is 23.0 Å². The minimum Gasteiger partial charge on any atom is -0.497 e. The van der Waals surface area contributed by atoms with E-state index in [2.05, 4.69) is 15.9 Å². The Kier molecular flexibility index (Phi) is 6.28. The summed E-state index contributed by atoms with van der Waals surface area (Å²) in [6.07, 6.45) is 1.73. The molecule has 1 heterocycles. The van der Waals surface area contributed by atoms with E-state index in [1.807, 2.05) is 60.7 Å². The van der Waals surface area contributed by atoms with Crippen LogP contribution in [0.5, 0.6) is 17.2 Å². The molecule has 0 aromatic heterocycles. The third-order valence-corrected chi connectivity index (χ3v) is 5.55. The number of ether oxygens (including phenoxy) is 3. The molecule has 4 rings (SSSR count). The van der Waals surface area contributed by atoms with E-state index >= 15 is 0 Å². The first-order valence-corrected chi connectivity index (χ1v) is 10.6. The van der Waals surface area contributed by atoms with Crippen LogP contribution in [0.25, 0.3) is 6.08 Å². The molecule has 7 heteroatoms. The van der Waals surface area contributed by atoms with Gasteiger partial charge in [0.15, 0.2) is 0 Å². The highest BCUT2D eigenvalue weighted by atomic mass is 79.9. The van der Waals surface area contributed by atoms with Crippen LogP contribution in [-0.2, 0) is 4.79 Å². The van der Waals surface area contributed by atoms with Crippen LogP contribution in [0.4, 0.5) is 5.69 Å². The number of anilines is 1. The lowest BCUT2D eigenvalue weighted by Crippen LogP contribution is -2.32. The Morgan fingerprint density at radius 1 is 0.844 bits per heavy atom. The lowest BCUT2D eigenvalue weighted by molar-refractivity contribution is -0.113. The summed E-state index contributed by atoms with van der Waals surface area (Å²) in [5.41, 5.74) is 2.55. The van der Waals surface area contributed by atoms with Crippen molar-refractivity contribution in [2.45, 2.75) is 0 Å². The molecule has 6 nitrogen and oxygen atoms in total. The number of nitrogens with zero attached hydrogens (tertiary/aromatic N) is 2. The minimum absolute atomic E-state index is 0.226. The number of methoxy groups -OCH3 is 3. The van der Waals surface area contributed by atoms with Crippen molar-refractivity contribution >= 4 is 39.4 Å². The lowest BCUT2D eigenvalue weighted by Gasteiger charge is -2.18. The quantitative estimate of drug-likeness (QED) is 0.437. The van der Waals surface area contributed by atoms with Crippen LogP contribution in [0.15, 0.2) is 81.9 Å².